The van der Waals surface area contributed by atoms with Crippen LogP contribution in [-0.4, -0.2) is 25.8 Å². The molecule has 80 valence electrons. The van der Waals surface area contributed by atoms with E-state index in [9.17, 15) is 4.79 Å². The number of nitrogens with one attached hydrogen (secondary N) is 1. The summed E-state index contributed by atoms with van der Waals surface area (Å²) in [5, 5.41) is 4.24. The summed E-state index contributed by atoms with van der Waals surface area (Å²) in [6.45, 7) is 0. The fourth-order valence-electron chi connectivity index (χ4n) is 1.69. The number of fused-ring (bicyclic) bond motifs is 3. The zero-order valence-electron chi connectivity index (χ0n) is 8.47. The second kappa shape index (κ2) is 3.34. The fraction of sp³-hybridized carbons (Fsp3) is 0.100. The lowest BCUT2D eigenvalue weighted by Crippen LogP contribution is -2.03. The minimum Gasteiger partial charge on any atom is -0.244 e. The molecule has 6 heteroatoms. The average molecular weight is 232 g/mol. The molecule has 0 aliphatic carbocycles. The van der Waals surface area contributed by atoms with Crippen molar-refractivity contribution in [2.75, 3.05) is 6.26 Å². The topological polar surface area (TPSA) is 63.0 Å². The van der Waals surface area contributed by atoms with Crippen molar-refractivity contribution in [2.45, 2.75) is 5.16 Å². The van der Waals surface area contributed by atoms with Gasteiger partial charge in [-0.1, -0.05) is 23.9 Å². The molecular weight excluding hydrogens is 224 g/mol. The first kappa shape index (κ1) is 9.41. The lowest BCUT2D eigenvalue weighted by atomic mass is 10.2. The van der Waals surface area contributed by atoms with Crippen LogP contribution in [0.1, 0.15) is 0 Å². The third-order valence-electron chi connectivity index (χ3n) is 2.36. The number of hydrogen-bond donors (Lipinski definition) is 1. The summed E-state index contributed by atoms with van der Waals surface area (Å²) in [7, 11) is 0. The minimum atomic E-state index is -0.353. The minimum absolute atomic E-state index is 0.353. The second-order valence-corrected chi connectivity index (χ2v) is 4.08. The first-order chi connectivity index (χ1) is 7.79. The van der Waals surface area contributed by atoms with Crippen molar-refractivity contribution < 1.29 is 0 Å². The molecule has 0 aliphatic heterocycles. The van der Waals surface area contributed by atoms with Gasteiger partial charge in [-0.2, -0.15) is 4.98 Å². The van der Waals surface area contributed by atoms with Gasteiger partial charge in [-0.05, 0) is 18.4 Å². The molecule has 0 aliphatic rings. The summed E-state index contributed by atoms with van der Waals surface area (Å²) < 4.78 is 1.62. The number of para-hydroxylation sites is 1. The molecule has 3 aromatic rings. The molecule has 3 rings (SSSR count). The number of aromatic nitrogens is 4. The molecule has 0 amide bonds. The summed E-state index contributed by atoms with van der Waals surface area (Å²) in [6.07, 6.45) is 1.91. The maximum atomic E-state index is 11.3. The van der Waals surface area contributed by atoms with Gasteiger partial charge in [-0.3, -0.25) is 0 Å². The van der Waals surface area contributed by atoms with Crippen LogP contribution in [0.4, 0.5) is 0 Å². The third-order valence-corrected chi connectivity index (χ3v) is 3.00. The van der Waals surface area contributed by atoms with Gasteiger partial charge in [0.2, 0.25) is 0 Å². The van der Waals surface area contributed by atoms with E-state index < -0.39 is 0 Å². The first-order valence-electron chi connectivity index (χ1n) is 4.71. The SMILES string of the molecule is CSc1nc2ccccc2c2nc(=O)[nH]n12. The van der Waals surface area contributed by atoms with Gasteiger partial charge in [-0.25, -0.2) is 19.4 Å². The summed E-state index contributed by atoms with van der Waals surface area (Å²) in [5.74, 6) is 0. The van der Waals surface area contributed by atoms with Crippen LogP contribution in [0.5, 0.6) is 0 Å². The molecule has 0 radical (unpaired) electrons. The number of nitrogens with zero attached hydrogens (tertiary/aromatic N) is 3. The number of benzene rings is 1. The van der Waals surface area contributed by atoms with Crippen LogP contribution in [0, 0.1) is 0 Å². The monoisotopic (exact) mass is 232 g/mol. The molecule has 2 heterocycles. The van der Waals surface area contributed by atoms with Crippen LogP contribution in [0.15, 0.2) is 34.2 Å². The van der Waals surface area contributed by atoms with Crippen molar-refractivity contribution in [2.24, 2.45) is 0 Å². The Kier molecular flexibility index (Phi) is 1.97. The Morgan fingerprint density at radius 2 is 2.12 bits per heavy atom. The van der Waals surface area contributed by atoms with E-state index in [2.05, 4.69) is 15.1 Å². The van der Waals surface area contributed by atoms with E-state index in [-0.39, 0.29) is 5.69 Å². The Balaban J connectivity index is 2.61. The third kappa shape index (κ3) is 1.23. The molecular formula is C10H8N4OS. The summed E-state index contributed by atoms with van der Waals surface area (Å²) in [5.41, 5.74) is 1.12. The van der Waals surface area contributed by atoms with E-state index in [0.717, 1.165) is 16.1 Å². The number of aromatic amines is 1. The highest BCUT2D eigenvalue weighted by Gasteiger charge is 2.09. The predicted molar refractivity (Wildman–Crippen MR) is 62.9 cm³/mol. The molecule has 1 aromatic carbocycles. The number of thioether (sulfide) groups is 1. The molecule has 0 spiro atoms. The Labute approximate surface area is 94.5 Å². The van der Waals surface area contributed by atoms with Crippen molar-refractivity contribution >= 4 is 28.3 Å². The highest BCUT2D eigenvalue weighted by atomic mass is 32.2. The molecule has 16 heavy (non-hydrogen) atoms. The van der Waals surface area contributed by atoms with Crippen molar-refractivity contribution in [1.29, 1.82) is 0 Å². The lowest BCUT2D eigenvalue weighted by Gasteiger charge is -2.03. The maximum Gasteiger partial charge on any atom is 0.362 e. The molecule has 0 atom stereocenters. The Bertz CT molecular complexity index is 730. The van der Waals surface area contributed by atoms with Gasteiger partial charge >= 0.3 is 5.69 Å². The molecule has 0 saturated carbocycles. The zero-order chi connectivity index (χ0) is 11.1. The quantitative estimate of drug-likeness (QED) is 0.507. The fourth-order valence-corrected chi connectivity index (χ4v) is 2.19. The van der Waals surface area contributed by atoms with Crippen molar-refractivity contribution in [3.63, 3.8) is 0 Å². The maximum absolute atomic E-state index is 11.3. The Morgan fingerprint density at radius 1 is 1.31 bits per heavy atom. The molecule has 0 fully saturated rings. The average Bonchev–Trinajstić information content (AvgIpc) is 2.69. The smallest absolute Gasteiger partial charge is 0.244 e. The molecule has 5 nitrogen and oxygen atoms in total. The van der Waals surface area contributed by atoms with Crippen LogP contribution >= 0.6 is 11.8 Å². The Morgan fingerprint density at radius 3 is 2.94 bits per heavy atom. The zero-order valence-corrected chi connectivity index (χ0v) is 9.28. The van der Waals surface area contributed by atoms with Gasteiger partial charge in [0, 0.05) is 5.39 Å². The van der Waals surface area contributed by atoms with E-state index in [1.165, 1.54) is 11.8 Å². The van der Waals surface area contributed by atoms with Crippen LogP contribution < -0.4 is 5.69 Å². The number of hydrogen-bond acceptors (Lipinski definition) is 4. The summed E-state index contributed by atoms with van der Waals surface area (Å²) >= 11 is 1.47. The molecule has 2 aromatic heterocycles. The van der Waals surface area contributed by atoms with Gasteiger partial charge in [0.1, 0.15) is 0 Å². The van der Waals surface area contributed by atoms with Gasteiger partial charge in [0.05, 0.1) is 5.52 Å². The predicted octanol–water partition coefficient (Wildman–Crippen LogP) is 1.29. The number of H-pyrrole nitrogens is 1. The van der Waals surface area contributed by atoms with Crippen LogP contribution in [0.25, 0.3) is 16.6 Å². The van der Waals surface area contributed by atoms with Crippen LogP contribution in [-0.2, 0) is 0 Å². The summed E-state index contributed by atoms with van der Waals surface area (Å²) in [4.78, 5) is 19.7. The summed E-state index contributed by atoms with van der Waals surface area (Å²) in [6, 6.07) is 7.64. The van der Waals surface area contributed by atoms with Crippen molar-refractivity contribution in [3.05, 3.63) is 34.7 Å². The second-order valence-electron chi connectivity index (χ2n) is 3.30. The molecule has 0 unspecified atom stereocenters. The van der Waals surface area contributed by atoms with E-state index in [0.29, 0.717) is 5.65 Å². The molecule has 1 N–H and O–H groups in total. The van der Waals surface area contributed by atoms with E-state index in [1.807, 2.05) is 30.5 Å². The van der Waals surface area contributed by atoms with Crippen molar-refractivity contribution in [3.8, 4) is 0 Å². The highest BCUT2D eigenvalue weighted by molar-refractivity contribution is 7.98. The van der Waals surface area contributed by atoms with Crippen LogP contribution in [0.3, 0.4) is 0 Å². The van der Waals surface area contributed by atoms with Crippen molar-refractivity contribution in [1.82, 2.24) is 19.6 Å². The molecule has 0 bridgehead atoms. The highest BCUT2D eigenvalue weighted by Crippen LogP contribution is 2.20. The Hall–Kier alpha value is -1.82. The molecule has 0 saturated heterocycles. The van der Waals surface area contributed by atoms with Gasteiger partial charge in [0.25, 0.3) is 0 Å². The van der Waals surface area contributed by atoms with E-state index >= 15 is 0 Å². The van der Waals surface area contributed by atoms with Gasteiger partial charge in [-0.15, -0.1) is 0 Å². The lowest BCUT2D eigenvalue weighted by molar-refractivity contribution is 0.799. The largest absolute Gasteiger partial charge is 0.362 e. The van der Waals surface area contributed by atoms with Crippen LogP contribution in [0.2, 0.25) is 0 Å². The number of rotatable bonds is 1. The van der Waals surface area contributed by atoms with Gasteiger partial charge in [0.15, 0.2) is 10.8 Å². The standard InChI is InChI=1S/C10H8N4OS/c1-16-10-11-7-5-3-2-4-6(7)8-12-9(15)13-14(8)10/h2-5H,1H3,(H,13,15). The van der Waals surface area contributed by atoms with Gasteiger partial charge < -0.3 is 0 Å². The normalized spacial score (nSPS) is 11.3. The van der Waals surface area contributed by atoms with E-state index in [1.54, 1.807) is 4.52 Å². The first-order valence-corrected chi connectivity index (χ1v) is 5.93. The van der Waals surface area contributed by atoms with E-state index in [4.69, 9.17) is 0 Å².